The molecule has 18 heavy (non-hydrogen) atoms. The van der Waals surface area contributed by atoms with Crippen molar-refractivity contribution in [2.24, 2.45) is 0 Å². The molecule has 0 saturated carbocycles. The maximum atomic E-state index is 11.7. The molecule has 104 valence electrons. The van der Waals surface area contributed by atoms with Crippen LogP contribution in [-0.4, -0.2) is 31.7 Å². The summed E-state index contributed by atoms with van der Waals surface area (Å²) in [7, 11) is -3.17. The molecule has 0 amide bonds. The zero-order valence-electron chi connectivity index (χ0n) is 10.8. The lowest BCUT2D eigenvalue weighted by atomic mass is 10.3. The van der Waals surface area contributed by atoms with Crippen LogP contribution < -0.4 is 10.0 Å². The maximum Gasteiger partial charge on any atom is 0.211 e. The summed E-state index contributed by atoms with van der Waals surface area (Å²) < 4.78 is 25.9. The molecule has 1 rings (SSSR count). The minimum absolute atomic E-state index is 0.179. The molecule has 0 unspecified atom stereocenters. The normalized spacial score (nSPS) is 12.2. The average molecular weight is 291 g/mol. The van der Waals surface area contributed by atoms with Crippen molar-refractivity contribution >= 4 is 21.4 Å². The number of hydrogen-bond donors (Lipinski definition) is 2. The highest BCUT2D eigenvalue weighted by Crippen LogP contribution is 2.04. The summed E-state index contributed by atoms with van der Waals surface area (Å²) in [5, 5.41) is 5.89. The van der Waals surface area contributed by atoms with E-state index >= 15 is 0 Å². The Bertz CT molecular complexity index is 416. The molecule has 1 aromatic rings. The van der Waals surface area contributed by atoms with Crippen LogP contribution in [0.4, 0.5) is 0 Å². The topological polar surface area (TPSA) is 71.1 Å². The fraction of sp³-hybridized carbons (Fsp3) is 0.727. The number of aromatic nitrogens is 1. The van der Waals surface area contributed by atoms with Gasteiger partial charge in [0.15, 0.2) is 0 Å². The average Bonchev–Trinajstić information content (AvgIpc) is 2.78. The van der Waals surface area contributed by atoms with Crippen LogP contribution >= 0.6 is 11.3 Å². The summed E-state index contributed by atoms with van der Waals surface area (Å²) in [5.41, 5.74) is 0. The third-order valence-corrected chi connectivity index (χ3v) is 4.51. The number of thiazole rings is 1. The van der Waals surface area contributed by atoms with E-state index in [0.717, 1.165) is 18.0 Å². The van der Waals surface area contributed by atoms with Crippen LogP contribution in [0.15, 0.2) is 11.6 Å². The number of unbranched alkanes of at least 4 members (excludes halogenated alkanes) is 1. The van der Waals surface area contributed by atoms with Gasteiger partial charge in [-0.05, 0) is 19.4 Å². The monoisotopic (exact) mass is 291 g/mol. The van der Waals surface area contributed by atoms with E-state index in [-0.39, 0.29) is 5.75 Å². The van der Waals surface area contributed by atoms with E-state index in [0.29, 0.717) is 19.0 Å². The van der Waals surface area contributed by atoms with Gasteiger partial charge in [0.1, 0.15) is 5.01 Å². The van der Waals surface area contributed by atoms with Crippen molar-refractivity contribution in [2.45, 2.75) is 39.3 Å². The van der Waals surface area contributed by atoms with Gasteiger partial charge in [0.2, 0.25) is 10.0 Å². The van der Waals surface area contributed by atoms with Gasteiger partial charge >= 0.3 is 0 Å². The highest BCUT2D eigenvalue weighted by Gasteiger charge is 2.10. The van der Waals surface area contributed by atoms with Crippen molar-refractivity contribution in [1.82, 2.24) is 15.0 Å². The molecule has 0 aliphatic carbocycles. The fourth-order valence-electron chi connectivity index (χ4n) is 1.39. The van der Waals surface area contributed by atoms with Gasteiger partial charge in [0, 0.05) is 17.6 Å². The van der Waals surface area contributed by atoms with Crippen molar-refractivity contribution in [1.29, 1.82) is 0 Å². The second-order valence-electron chi connectivity index (χ2n) is 4.38. The van der Waals surface area contributed by atoms with E-state index in [9.17, 15) is 8.42 Å². The first-order valence-corrected chi connectivity index (χ1v) is 8.62. The zero-order valence-corrected chi connectivity index (χ0v) is 12.5. The second-order valence-corrected chi connectivity index (χ2v) is 7.29. The molecule has 0 aliphatic rings. The van der Waals surface area contributed by atoms with Crippen molar-refractivity contribution in [3.63, 3.8) is 0 Å². The lowest BCUT2D eigenvalue weighted by Gasteiger charge is -2.08. The Labute approximate surface area is 113 Å². The molecule has 0 fully saturated rings. The van der Waals surface area contributed by atoms with E-state index in [1.807, 2.05) is 5.38 Å². The van der Waals surface area contributed by atoms with Gasteiger partial charge in [0.25, 0.3) is 0 Å². The van der Waals surface area contributed by atoms with Crippen LogP contribution in [0.5, 0.6) is 0 Å². The summed E-state index contributed by atoms with van der Waals surface area (Å²) in [4.78, 5) is 4.03. The van der Waals surface area contributed by atoms with Crippen molar-refractivity contribution in [3.05, 3.63) is 16.6 Å². The van der Waals surface area contributed by atoms with E-state index in [2.05, 4.69) is 28.9 Å². The third-order valence-electron chi connectivity index (χ3n) is 2.32. The summed E-state index contributed by atoms with van der Waals surface area (Å²) in [5.74, 6) is 0.179. The van der Waals surface area contributed by atoms with Crippen molar-refractivity contribution < 1.29 is 8.42 Å². The minimum atomic E-state index is -3.17. The number of hydrogen-bond acceptors (Lipinski definition) is 5. The number of rotatable bonds is 9. The lowest BCUT2D eigenvalue weighted by molar-refractivity contribution is 0.555. The molecule has 7 heteroatoms. The van der Waals surface area contributed by atoms with E-state index in [1.54, 1.807) is 6.20 Å². The van der Waals surface area contributed by atoms with Gasteiger partial charge < -0.3 is 5.32 Å². The second kappa shape index (κ2) is 7.83. The summed E-state index contributed by atoms with van der Waals surface area (Å²) in [6, 6.07) is 0.449. The highest BCUT2D eigenvalue weighted by atomic mass is 32.2. The van der Waals surface area contributed by atoms with Crippen LogP contribution in [0.25, 0.3) is 0 Å². The Morgan fingerprint density at radius 1 is 1.39 bits per heavy atom. The van der Waals surface area contributed by atoms with Gasteiger partial charge in [-0.1, -0.05) is 13.8 Å². The van der Waals surface area contributed by atoms with Crippen LogP contribution in [0, 0.1) is 0 Å². The fourth-order valence-corrected chi connectivity index (χ4v) is 3.12. The first kappa shape index (κ1) is 15.6. The van der Waals surface area contributed by atoms with Crippen LogP contribution in [0.3, 0.4) is 0 Å². The smallest absolute Gasteiger partial charge is 0.211 e. The predicted molar refractivity (Wildman–Crippen MR) is 75.1 cm³/mol. The third kappa shape index (κ3) is 7.05. The van der Waals surface area contributed by atoms with Gasteiger partial charge in [-0.3, -0.25) is 0 Å². The molecule has 2 N–H and O–H groups in total. The maximum absolute atomic E-state index is 11.7. The molecule has 1 aromatic heterocycles. The minimum Gasteiger partial charge on any atom is -0.315 e. The molecule has 0 aromatic carbocycles. The first-order chi connectivity index (χ1) is 8.49. The van der Waals surface area contributed by atoms with Gasteiger partial charge in [-0.15, -0.1) is 11.3 Å². The number of nitrogens with one attached hydrogen (secondary N) is 2. The van der Waals surface area contributed by atoms with Gasteiger partial charge in [-0.2, -0.15) is 0 Å². The standard InChI is InChI=1S/C11H21N3O2S2/c1-10(2)12-5-3-4-8-18(15,16)14-9-11-13-6-7-17-11/h6-7,10,12,14H,3-5,8-9H2,1-2H3. The Hall–Kier alpha value is -0.500. The SMILES string of the molecule is CC(C)NCCCCS(=O)(=O)NCc1nccs1. The molecule has 0 radical (unpaired) electrons. The molecule has 5 nitrogen and oxygen atoms in total. The Morgan fingerprint density at radius 3 is 2.78 bits per heavy atom. The van der Waals surface area contributed by atoms with Crippen molar-refractivity contribution in [2.75, 3.05) is 12.3 Å². The quantitative estimate of drug-likeness (QED) is 0.674. The van der Waals surface area contributed by atoms with E-state index in [4.69, 9.17) is 0 Å². The largest absolute Gasteiger partial charge is 0.315 e. The number of sulfonamides is 1. The van der Waals surface area contributed by atoms with Crippen LogP contribution in [-0.2, 0) is 16.6 Å². The molecular weight excluding hydrogens is 270 g/mol. The molecule has 0 spiro atoms. The van der Waals surface area contributed by atoms with Crippen LogP contribution in [0.2, 0.25) is 0 Å². The highest BCUT2D eigenvalue weighted by molar-refractivity contribution is 7.89. The molecular formula is C11H21N3O2S2. The Morgan fingerprint density at radius 2 is 2.17 bits per heavy atom. The molecule has 0 saturated heterocycles. The van der Waals surface area contributed by atoms with Crippen LogP contribution in [0.1, 0.15) is 31.7 Å². The zero-order chi connectivity index (χ0) is 13.4. The van der Waals surface area contributed by atoms with E-state index in [1.165, 1.54) is 11.3 Å². The first-order valence-electron chi connectivity index (χ1n) is 6.09. The lowest BCUT2D eigenvalue weighted by Crippen LogP contribution is -2.27. The Kier molecular flexibility index (Phi) is 6.77. The van der Waals surface area contributed by atoms with Gasteiger partial charge in [-0.25, -0.2) is 18.1 Å². The molecule has 0 aliphatic heterocycles. The predicted octanol–water partition coefficient (Wildman–Crippen LogP) is 1.34. The summed E-state index contributed by atoms with van der Waals surface area (Å²) >= 11 is 1.45. The molecule has 0 atom stereocenters. The number of nitrogens with zero attached hydrogens (tertiary/aromatic N) is 1. The summed E-state index contributed by atoms with van der Waals surface area (Å²) in [6.45, 7) is 5.31. The molecule has 0 bridgehead atoms. The molecule has 1 heterocycles. The van der Waals surface area contributed by atoms with Crippen molar-refractivity contribution in [3.8, 4) is 0 Å². The van der Waals surface area contributed by atoms with E-state index < -0.39 is 10.0 Å². The summed E-state index contributed by atoms with van der Waals surface area (Å²) in [6.07, 6.45) is 3.22. The van der Waals surface area contributed by atoms with Gasteiger partial charge in [0.05, 0.1) is 12.3 Å². The Balaban J connectivity index is 2.15.